The zero-order valence-corrected chi connectivity index (χ0v) is 12.5. The van der Waals surface area contributed by atoms with E-state index in [9.17, 15) is 14.4 Å². The normalized spacial score (nSPS) is 29.0. The maximum Gasteiger partial charge on any atom is 0.229 e. The second kappa shape index (κ2) is 5.21. The van der Waals surface area contributed by atoms with E-state index in [-0.39, 0.29) is 17.6 Å². The molecule has 3 rings (SSSR count). The number of carbonyl (C=O) groups excluding carboxylic acids is 3. The van der Waals surface area contributed by atoms with Gasteiger partial charge in [0.05, 0.1) is 29.5 Å². The third kappa shape index (κ3) is 2.02. The zero-order valence-electron chi connectivity index (χ0n) is 12.5. The fourth-order valence-corrected chi connectivity index (χ4v) is 3.32. The molecular formula is C16H18N2O4. The number of methoxy groups -OCH3 is 1. The van der Waals surface area contributed by atoms with E-state index < -0.39 is 17.3 Å². The molecule has 22 heavy (non-hydrogen) atoms. The van der Waals surface area contributed by atoms with Crippen molar-refractivity contribution in [3.63, 3.8) is 0 Å². The lowest BCUT2D eigenvalue weighted by Crippen LogP contribution is -2.32. The summed E-state index contributed by atoms with van der Waals surface area (Å²) in [5.74, 6) is -1.93. The number of hydrogen-bond acceptors (Lipinski definition) is 4. The fraction of sp³-hybridized carbons (Fsp3) is 0.438. The first-order valence-electron chi connectivity index (χ1n) is 7.23. The van der Waals surface area contributed by atoms with Crippen LogP contribution in [0, 0.1) is 17.3 Å². The first-order chi connectivity index (χ1) is 10.5. The highest BCUT2D eigenvalue weighted by Gasteiger charge is 2.73. The molecule has 0 unspecified atom stereocenters. The Kier molecular flexibility index (Phi) is 3.48. The summed E-state index contributed by atoms with van der Waals surface area (Å²) < 4.78 is 4.88. The molecule has 2 aliphatic rings. The van der Waals surface area contributed by atoms with Crippen LogP contribution in [0.1, 0.15) is 17.3 Å². The summed E-state index contributed by atoms with van der Waals surface area (Å²) >= 11 is 0. The van der Waals surface area contributed by atoms with Crippen molar-refractivity contribution in [2.45, 2.75) is 6.92 Å². The Morgan fingerprint density at radius 2 is 2.09 bits per heavy atom. The number of rotatable bonds is 4. The van der Waals surface area contributed by atoms with E-state index in [0.717, 1.165) is 0 Å². The number of nitrogens with one attached hydrogen (secondary N) is 2. The van der Waals surface area contributed by atoms with E-state index in [2.05, 4.69) is 10.6 Å². The summed E-state index contributed by atoms with van der Waals surface area (Å²) in [6.45, 7) is 2.45. The van der Waals surface area contributed by atoms with Crippen LogP contribution in [-0.2, 0) is 14.3 Å². The van der Waals surface area contributed by atoms with Gasteiger partial charge >= 0.3 is 0 Å². The van der Waals surface area contributed by atoms with Crippen molar-refractivity contribution in [1.29, 1.82) is 0 Å². The van der Waals surface area contributed by atoms with E-state index in [0.29, 0.717) is 24.4 Å². The molecule has 1 saturated carbocycles. The van der Waals surface area contributed by atoms with Gasteiger partial charge in [0.2, 0.25) is 11.8 Å². The molecule has 1 aromatic rings. The highest BCUT2D eigenvalue weighted by Crippen LogP contribution is 2.62. The van der Waals surface area contributed by atoms with Gasteiger partial charge in [-0.3, -0.25) is 14.4 Å². The Morgan fingerprint density at radius 1 is 1.36 bits per heavy atom. The quantitative estimate of drug-likeness (QED) is 0.807. The lowest BCUT2D eigenvalue weighted by molar-refractivity contribution is -0.125. The van der Waals surface area contributed by atoms with Gasteiger partial charge in [0.1, 0.15) is 0 Å². The summed E-state index contributed by atoms with van der Waals surface area (Å²) in [6, 6.07) is 6.90. The minimum absolute atomic E-state index is 0.154. The van der Waals surface area contributed by atoms with Gasteiger partial charge in [-0.05, 0) is 12.1 Å². The van der Waals surface area contributed by atoms with Crippen LogP contribution in [0.5, 0.6) is 0 Å². The molecule has 3 atom stereocenters. The maximum absolute atomic E-state index is 12.8. The van der Waals surface area contributed by atoms with Crippen LogP contribution in [0.15, 0.2) is 24.3 Å². The first-order valence-corrected chi connectivity index (χ1v) is 7.23. The average Bonchev–Trinajstić information content (AvgIpc) is 3.15. The van der Waals surface area contributed by atoms with Crippen molar-refractivity contribution in [1.82, 2.24) is 5.32 Å². The SMILES string of the molecule is COCCNC(=O)[C@@H]1[C@@H]2C(=O)Nc3ccccc3C(=O)[C@]12C. The number of anilines is 1. The number of hydrogen-bond donors (Lipinski definition) is 2. The van der Waals surface area contributed by atoms with Crippen molar-refractivity contribution in [2.75, 3.05) is 25.6 Å². The van der Waals surface area contributed by atoms with E-state index in [4.69, 9.17) is 4.74 Å². The van der Waals surface area contributed by atoms with Crippen LogP contribution >= 0.6 is 0 Å². The number of carbonyl (C=O) groups is 3. The Morgan fingerprint density at radius 3 is 2.82 bits per heavy atom. The topological polar surface area (TPSA) is 84.5 Å². The Balaban J connectivity index is 1.87. The molecule has 1 heterocycles. The standard InChI is InChI=1S/C16H18N2O4/c1-16-11(14(20)17-7-8-22-2)12(16)15(21)18-10-6-4-3-5-9(10)13(16)19/h3-6,11-12H,7-8H2,1-2H3,(H,17,20)(H,18,21)/t11-,12+,16+/m0/s1. The number of para-hydroxylation sites is 1. The Bertz CT molecular complexity index is 657. The van der Waals surface area contributed by atoms with Crippen molar-refractivity contribution < 1.29 is 19.1 Å². The summed E-state index contributed by atoms with van der Waals surface area (Å²) in [7, 11) is 1.54. The van der Waals surface area contributed by atoms with E-state index >= 15 is 0 Å². The molecule has 0 saturated heterocycles. The lowest BCUT2D eigenvalue weighted by atomic mass is 9.92. The van der Waals surface area contributed by atoms with E-state index in [1.165, 1.54) is 0 Å². The molecule has 0 spiro atoms. The van der Waals surface area contributed by atoms with E-state index in [1.807, 2.05) is 0 Å². The van der Waals surface area contributed by atoms with Crippen LogP contribution in [-0.4, -0.2) is 37.9 Å². The van der Waals surface area contributed by atoms with Crippen molar-refractivity contribution >= 4 is 23.3 Å². The fourth-order valence-electron chi connectivity index (χ4n) is 3.32. The zero-order chi connectivity index (χ0) is 15.9. The lowest BCUT2D eigenvalue weighted by Gasteiger charge is -2.12. The molecule has 6 heteroatoms. The highest BCUT2D eigenvalue weighted by atomic mass is 16.5. The third-order valence-electron chi connectivity index (χ3n) is 4.61. The van der Waals surface area contributed by atoms with Gasteiger partial charge in [-0.2, -0.15) is 0 Å². The number of benzene rings is 1. The maximum atomic E-state index is 12.8. The second-order valence-corrected chi connectivity index (χ2v) is 5.89. The predicted octanol–water partition coefficient (Wildman–Crippen LogP) is 0.836. The molecule has 1 aliphatic carbocycles. The molecule has 1 aliphatic heterocycles. The summed E-state index contributed by atoms with van der Waals surface area (Å²) in [4.78, 5) is 37.4. The molecule has 0 bridgehead atoms. The predicted molar refractivity (Wildman–Crippen MR) is 79.4 cm³/mol. The molecule has 2 amide bonds. The van der Waals surface area contributed by atoms with Crippen molar-refractivity contribution in [3.05, 3.63) is 29.8 Å². The van der Waals surface area contributed by atoms with E-state index in [1.54, 1.807) is 38.3 Å². The van der Waals surface area contributed by atoms with Gasteiger partial charge in [-0.15, -0.1) is 0 Å². The average molecular weight is 302 g/mol. The van der Waals surface area contributed by atoms with Crippen LogP contribution in [0.25, 0.3) is 0 Å². The third-order valence-corrected chi connectivity index (χ3v) is 4.61. The number of fused-ring (bicyclic) bond motifs is 2. The van der Waals surface area contributed by atoms with Crippen LogP contribution in [0.3, 0.4) is 0 Å². The molecule has 0 aromatic heterocycles. The number of ether oxygens (including phenoxy) is 1. The monoisotopic (exact) mass is 302 g/mol. The molecule has 1 aromatic carbocycles. The largest absolute Gasteiger partial charge is 0.383 e. The van der Waals surface area contributed by atoms with Crippen LogP contribution in [0.4, 0.5) is 5.69 Å². The van der Waals surface area contributed by atoms with Gasteiger partial charge in [0.15, 0.2) is 5.78 Å². The number of amides is 2. The highest BCUT2D eigenvalue weighted by molar-refractivity contribution is 6.19. The minimum atomic E-state index is -0.964. The van der Waals surface area contributed by atoms with Gasteiger partial charge < -0.3 is 15.4 Å². The van der Waals surface area contributed by atoms with Gasteiger partial charge in [-0.1, -0.05) is 19.1 Å². The summed E-state index contributed by atoms with van der Waals surface area (Å²) in [6.07, 6.45) is 0. The van der Waals surface area contributed by atoms with Crippen LogP contribution in [0.2, 0.25) is 0 Å². The first kappa shape index (κ1) is 14.7. The summed E-state index contributed by atoms with van der Waals surface area (Å²) in [5, 5.41) is 5.47. The number of ketones is 1. The molecule has 0 radical (unpaired) electrons. The molecule has 6 nitrogen and oxygen atoms in total. The second-order valence-electron chi connectivity index (χ2n) is 5.89. The molecule has 1 fully saturated rings. The molecule has 116 valence electrons. The van der Waals surface area contributed by atoms with Crippen molar-refractivity contribution in [2.24, 2.45) is 17.3 Å². The molecule has 2 N–H and O–H groups in total. The van der Waals surface area contributed by atoms with Gasteiger partial charge in [-0.25, -0.2) is 0 Å². The van der Waals surface area contributed by atoms with Crippen LogP contribution < -0.4 is 10.6 Å². The smallest absolute Gasteiger partial charge is 0.229 e. The van der Waals surface area contributed by atoms with Gasteiger partial charge in [0, 0.05) is 19.2 Å². The Hall–Kier alpha value is -2.21. The Labute approximate surface area is 128 Å². The number of Topliss-reactive ketones (excluding diaryl/α,β-unsaturated/α-hetero) is 1. The van der Waals surface area contributed by atoms with Gasteiger partial charge in [0.25, 0.3) is 0 Å². The minimum Gasteiger partial charge on any atom is -0.383 e. The summed E-state index contributed by atoms with van der Waals surface area (Å²) in [5.41, 5.74) is 0.0194. The molecular weight excluding hydrogens is 284 g/mol. The van der Waals surface area contributed by atoms with Crippen molar-refractivity contribution in [3.8, 4) is 0 Å².